The standard InChI is InChI=1S/C9H8N2OS.C4H8N2O3/c12-8-6-11(9(13)10-8)7-4-2-1-3-5-7;5-2(4(8)9)1-3(6)7/h1-5H,6H2,(H,10,12,13);2H,1,5H2,(H2,6,7)(H,8,9). The van der Waals surface area contributed by atoms with Crippen molar-refractivity contribution < 1.29 is 19.5 Å². The molecule has 22 heavy (non-hydrogen) atoms. The molecule has 2 rings (SSSR count). The summed E-state index contributed by atoms with van der Waals surface area (Å²) in [5, 5.41) is 11.2. The molecule has 0 saturated carbocycles. The van der Waals surface area contributed by atoms with Crippen molar-refractivity contribution in [3.8, 4) is 0 Å². The number of carbonyl (C=O) groups excluding carboxylic acids is 2. The van der Waals surface area contributed by atoms with Crippen molar-refractivity contribution in [1.29, 1.82) is 0 Å². The molecule has 1 saturated heterocycles. The number of para-hydroxylation sites is 1. The zero-order valence-electron chi connectivity index (χ0n) is 11.6. The third-order valence-electron chi connectivity index (χ3n) is 2.60. The van der Waals surface area contributed by atoms with E-state index in [9.17, 15) is 14.4 Å². The number of aliphatic carboxylic acids is 1. The van der Waals surface area contributed by atoms with Crippen LogP contribution >= 0.6 is 12.2 Å². The van der Waals surface area contributed by atoms with E-state index >= 15 is 0 Å². The van der Waals surface area contributed by atoms with Gasteiger partial charge in [0.1, 0.15) is 12.6 Å². The molecule has 1 heterocycles. The van der Waals surface area contributed by atoms with E-state index in [-0.39, 0.29) is 12.3 Å². The smallest absolute Gasteiger partial charge is 0.321 e. The zero-order valence-corrected chi connectivity index (χ0v) is 12.4. The minimum absolute atomic E-state index is 0.0474. The Morgan fingerprint density at radius 1 is 1.36 bits per heavy atom. The Kier molecular flexibility index (Phi) is 6.42. The van der Waals surface area contributed by atoms with Crippen LogP contribution in [0.3, 0.4) is 0 Å². The molecule has 0 bridgehead atoms. The number of benzene rings is 1. The normalized spacial score (nSPS) is 14.7. The third-order valence-corrected chi connectivity index (χ3v) is 2.92. The first-order valence-corrected chi connectivity index (χ1v) is 6.65. The van der Waals surface area contributed by atoms with Gasteiger partial charge in [-0.1, -0.05) is 18.2 Å². The van der Waals surface area contributed by atoms with Crippen LogP contribution in [0, 0.1) is 0 Å². The van der Waals surface area contributed by atoms with E-state index in [1.54, 1.807) is 4.90 Å². The topological polar surface area (TPSA) is 139 Å². The van der Waals surface area contributed by atoms with Crippen LogP contribution in [0.5, 0.6) is 0 Å². The molecule has 1 fully saturated rings. The highest BCUT2D eigenvalue weighted by Gasteiger charge is 2.23. The van der Waals surface area contributed by atoms with E-state index in [0.717, 1.165) is 5.69 Å². The zero-order chi connectivity index (χ0) is 16.7. The highest BCUT2D eigenvalue weighted by Crippen LogP contribution is 2.15. The fraction of sp³-hybridized carbons (Fsp3) is 0.231. The number of carboxylic acid groups (broad SMARTS) is 1. The van der Waals surface area contributed by atoms with Gasteiger partial charge in [-0.25, -0.2) is 0 Å². The van der Waals surface area contributed by atoms with Gasteiger partial charge in [0.05, 0.1) is 6.42 Å². The van der Waals surface area contributed by atoms with Gasteiger partial charge in [-0.15, -0.1) is 0 Å². The van der Waals surface area contributed by atoms with Crippen LogP contribution < -0.4 is 21.7 Å². The molecule has 1 aromatic carbocycles. The maximum absolute atomic E-state index is 11.0. The van der Waals surface area contributed by atoms with Gasteiger partial charge in [0.2, 0.25) is 11.8 Å². The van der Waals surface area contributed by atoms with Gasteiger partial charge in [-0.05, 0) is 24.4 Å². The Labute approximate surface area is 132 Å². The molecule has 118 valence electrons. The SMILES string of the molecule is NC(=O)CC(N)C(=O)O.O=C1CN(c2ccccc2)C(=S)N1. The van der Waals surface area contributed by atoms with Gasteiger partial charge in [-0.3, -0.25) is 14.4 Å². The van der Waals surface area contributed by atoms with Crippen molar-refractivity contribution in [2.24, 2.45) is 11.5 Å². The van der Waals surface area contributed by atoms with Crippen molar-refractivity contribution in [1.82, 2.24) is 5.32 Å². The largest absolute Gasteiger partial charge is 0.480 e. The molecule has 0 spiro atoms. The second-order valence-corrected chi connectivity index (χ2v) is 4.78. The number of carboxylic acids is 1. The maximum Gasteiger partial charge on any atom is 0.321 e. The van der Waals surface area contributed by atoms with E-state index in [0.29, 0.717) is 11.7 Å². The summed E-state index contributed by atoms with van der Waals surface area (Å²) in [6, 6.07) is 8.45. The van der Waals surface area contributed by atoms with E-state index in [2.05, 4.69) is 11.1 Å². The summed E-state index contributed by atoms with van der Waals surface area (Å²) in [6.45, 7) is 0.322. The number of hydrogen-bond acceptors (Lipinski definition) is 5. The van der Waals surface area contributed by atoms with Crippen molar-refractivity contribution in [3.63, 3.8) is 0 Å². The van der Waals surface area contributed by atoms with Crippen LogP contribution in [0.1, 0.15) is 6.42 Å². The first kappa shape index (κ1) is 17.5. The number of thiocarbonyl (C=S) groups is 1. The summed E-state index contributed by atoms with van der Waals surface area (Å²) in [5.74, 6) is -1.97. The van der Waals surface area contributed by atoms with Crippen molar-refractivity contribution in [2.75, 3.05) is 11.4 Å². The summed E-state index contributed by atoms with van der Waals surface area (Å²) in [5.41, 5.74) is 10.5. The lowest BCUT2D eigenvalue weighted by atomic mass is 10.2. The number of carbonyl (C=O) groups is 3. The van der Waals surface area contributed by atoms with Crippen molar-refractivity contribution in [3.05, 3.63) is 30.3 Å². The second-order valence-electron chi connectivity index (χ2n) is 4.39. The van der Waals surface area contributed by atoms with Crippen LogP contribution in [-0.4, -0.2) is 40.6 Å². The predicted octanol–water partition coefficient (Wildman–Crippen LogP) is -0.819. The van der Waals surface area contributed by atoms with Gasteiger partial charge >= 0.3 is 5.97 Å². The first-order chi connectivity index (χ1) is 10.3. The molecule has 1 unspecified atom stereocenters. The number of rotatable bonds is 4. The minimum atomic E-state index is -1.21. The molecule has 6 N–H and O–H groups in total. The summed E-state index contributed by atoms with van der Waals surface area (Å²) >= 11 is 4.99. The maximum atomic E-state index is 11.0. The summed E-state index contributed by atoms with van der Waals surface area (Å²) in [4.78, 5) is 32.7. The van der Waals surface area contributed by atoms with Crippen LogP contribution in [-0.2, 0) is 14.4 Å². The number of nitrogens with one attached hydrogen (secondary N) is 1. The molecule has 8 nitrogen and oxygen atoms in total. The average molecular weight is 324 g/mol. The molecule has 9 heteroatoms. The lowest BCUT2D eigenvalue weighted by molar-refractivity contribution is -0.140. The van der Waals surface area contributed by atoms with Crippen LogP contribution in [0.25, 0.3) is 0 Å². The Hall–Kier alpha value is -2.52. The molecule has 1 aliphatic heterocycles. The lowest BCUT2D eigenvalue weighted by Crippen LogP contribution is -2.34. The van der Waals surface area contributed by atoms with Crippen molar-refractivity contribution in [2.45, 2.75) is 12.5 Å². The predicted molar refractivity (Wildman–Crippen MR) is 84.0 cm³/mol. The molecule has 1 aromatic rings. The Morgan fingerprint density at radius 3 is 2.32 bits per heavy atom. The van der Waals surface area contributed by atoms with Crippen LogP contribution in [0.15, 0.2) is 30.3 Å². The fourth-order valence-electron chi connectivity index (χ4n) is 1.56. The first-order valence-electron chi connectivity index (χ1n) is 6.24. The van der Waals surface area contributed by atoms with Gasteiger partial charge in [0.25, 0.3) is 0 Å². The monoisotopic (exact) mass is 324 g/mol. The van der Waals surface area contributed by atoms with Gasteiger partial charge < -0.3 is 26.8 Å². The summed E-state index contributed by atoms with van der Waals surface area (Å²) in [7, 11) is 0. The molecular weight excluding hydrogens is 308 g/mol. The number of nitrogens with zero attached hydrogens (tertiary/aromatic N) is 1. The third kappa shape index (κ3) is 5.46. The number of nitrogens with two attached hydrogens (primary N) is 2. The number of hydrogen-bond donors (Lipinski definition) is 4. The van der Waals surface area contributed by atoms with Crippen LogP contribution in [0.4, 0.5) is 5.69 Å². The molecule has 1 aliphatic rings. The second kappa shape index (κ2) is 8.05. The quantitative estimate of drug-likeness (QED) is 0.531. The van der Waals surface area contributed by atoms with E-state index in [1.165, 1.54) is 0 Å². The lowest BCUT2D eigenvalue weighted by Gasteiger charge is -2.14. The highest BCUT2D eigenvalue weighted by atomic mass is 32.1. The van der Waals surface area contributed by atoms with Gasteiger partial charge in [0.15, 0.2) is 5.11 Å². The Bertz CT molecular complexity index is 579. The molecule has 1 atom stereocenters. The number of amides is 2. The molecule has 0 radical (unpaired) electrons. The van der Waals surface area contributed by atoms with Gasteiger partial charge in [-0.2, -0.15) is 0 Å². The average Bonchev–Trinajstić information content (AvgIpc) is 2.78. The Morgan fingerprint density at radius 2 is 1.95 bits per heavy atom. The van der Waals surface area contributed by atoms with E-state index < -0.39 is 17.9 Å². The highest BCUT2D eigenvalue weighted by molar-refractivity contribution is 7.80. The molecular formula is C13H16N4O4S. The molecule has 0 aromatic heterocycles. The number of anilines is 1. The molecule has 2 amide bonds. The minimum Gasteiger partial charge on any atom is -0.480 e. The van der Waals surface area contributed by atoms with Crippen molar-refractivity contribution >= 4 is 40.8 Å². The summed E-state index contributed by atoms with van der Waals surface area (Å²) < 4.78 is 0. The molecule has 0 aliphatic carbocycles. The Balaban J connectivity index is 0.000000239. The number of primary amides is 1. The van der Waals surface area contributed by atoms with Gasteiger partial charge in [0, 0.05) is 5.69 Å². The summed E-state index contributed by atoms with van der Waals surface area (Å²) in [6.07, 6.45) is -0.310. The van der Waals surface area contributed by atoms with Crippen LogP contribution in [0.2, 0.25) is 0 Å². The van der Waals surface area contributed by atoms with E-state index in [1.807, 2.05) is 30.3 Å². The van der Waals surface area contributed by atoms with E-state index in [4.69, 9.17) is 23.1 Å². The fourth-order valence-corrected chi connectivity index (χ4v) is 1.85.